The van der Waals surface area contributed by atoms with Crippen molar-refractivity contribution in [2.24, 2.45) is 0 Å². The molecule has 0 unspecified atom stereocenters. The van der Waals surface area contributed by atoms with Gasteiger partial charge in [-0.15, -0.1) is 11.3 Å². The molecule has 0 bridgehead atoms. The fraction of sp³-hybridized carbons (Fsp3) is 0.267. The van der Waals surface area contributed by atoms with Gasteiger partial charge in [-0.05, 0) is 46.4 Å². The Bertz CT molecular complexity index is 671. The second-order valence-electron chi connectivity index (χ2n) is 4.78. The van der Waals surface area contributed by atoms with Gasteiger partial charge < -0.3 is 14.4 Å². The summed E-state index contributed by atoms with van der Waals surface area (Å²) in [6, 6.07) is 7.72. The van der Waals surface area contributed by atoms with E-state index < -0.39 is 0 Å². The zero-order valence-corrected chi connectivity index (χ0v) is 14.4. The van der Waals surface area contributed by atoms with Crippen molar-refractivity contribution in [3.05, 3.63) is 43.7 Å². The summed E-state index contributed by atoms with van der Waals surface area (Å²) in [6.45, 7) is 1.70. The van der Waals surface area contributed by atoms with Crippen LogP contribution >= 0.6 is 33.9 Å². The molecule has 0 atom stereocenters. The van der Waals surface area contributed by atoms with Crippen LogP contribution in [-0.2, 0) is 6.54 Å². The minimum absolute atomic E-state index is 0.0315. The SMILES string of the molecule is CN(Cc1ccc2c(c1)OCCO2)C(=O)c1csc(I)c1. The van der Waals surface area contributed by atoms with Gasteiger partial charge in [0, 0.05) is 19.0 Å². The van der Waals surface area contributed by atoms with Crippen LogP contribution in [0.15, 0.2) is 29.6 Å². The Balaban J connectivity index is 1.72. The zero-order valence-electron chi connectivity index (χ0n) is 11.5. The number of hydrogen-bond donors (Lipinski definition) is 0. The van der Waals surface area contributed by atoms with Crippen molar-refractivity contribution in [3.63, 3.8) is 0 Å². The smallest absolute Gasteiger partial charge is 0.254 e. The Morgan fingerprint density at radius 3 is 2.76 bits per heavy atom. The summed E-state index contributed by atoms with van der Waals surface area (Å²) in [7, 11) is 1.81. The minimum atomic E-state index is 0.0315. The first-order valence-electron chi connectivity index (χ1n) is 6.51. The van der Waals surface area contributed by atoms with Gasteiger partial charge in [-0.25, -0.2) is 0 Å². The predicted octanol–water partition coefficient (Wildman–Crippen LogP) is 3.40. The normalized spacial score (nSPS) is 13.0. The highest BCUT2D eigenvalue weighted by Gasteiger charge is 2.16. The van der Waals surface area contributed by atoms with Gasteiger partial charge in [-0.1, -0.05) is 6.07 Å². The number of carbonyl (C=O) groups is 1. The van der Waals surface area contributed by atoms with Gasteiger partial charge in [-0.3, -0.25) is 4.79 Å². The van der Waals surface area contributed by atoms with Crippen LogP contribution < -0.4 is 9.47 Å². The van der Waals surface area contributed by atoms with Crippen molar-refractivity contribution in [1.82, 2.24) is 4.90 Å². The molecule has 6 heteroatoms. The van der Waals surface area contributed by atoms with Crippen molar-refractivity contribution in [3.8, 4) is 11.5 Å². The minimum Gasteiger partial charge on any atom is -0.486 e. The lowest BCUT2D eigenvalue weighted by Gasteiger charge is -2.21. The van der Waals surface area contributed by atoms with E-state index in [2.05, 4.69) is 22.6 Å². The summed E-state index contributed by atoms with van der Waals surface area (Å²) in [5.74, 6) is 1.56. The zero-order chi connectivity index (χ0) is 14.8. The quantitative estimate of drug-likeness (QED) is 0.722. The van der Waals surface area contributed by atoms with Gasteiger partial charge in [0.15, 0.2) is 11.5 Å². The maximum Gasteiger partial charge on any atom is 0.254 e. The second-order valence-corrected chi connectivity index (χ2v) is 7.58. The van der Waals surface area contributed by atoms with Crippen LogP contribution in [0.25, 0.3) is 0 Å². The molecule has 0 saturated carbocycles. The number of ether oxygens (including phenoxy) is 2. The van der Waals surface area contributed by atoms with E-state index in [-0.39, 0.29) is 5.91 Å². The lowest BCUT2D eigenvalue weighted by molar-refractivity contribution is 0.0785. The van der Waals surface area contributed by atoms with Crippen molar-refractivity contribution < 1.29 is 14.3 Å². The van der Waals surface area contributed by atoms with Crippen LogP contribution in [0.2, 0.25) is 0 Å². The van der Waals surface area contributed by atoms with E-state index in [1.165, 1.54) is 0 Å². The van der Waals surface area contributed by atoms with E-state index in [1.807, 2.05) is 36.7 Å². The number of carbonyl (C=O) groups excluding carboxylic acids is 1. The molecular formula is C15H14INO3S. The molecule has 1 aliphatic heterocycles. The Kier molecular flexibility index (Phi) is 4.34. The van der Waals surface area contributed by atoms with Gasteiger partial charge in [0.1, 0.15) is 13.2 Å². The van der Waals surface area contributed by atoms with Crippen LogP contribution in [0.3, 0.4) is 0 Å². The van der Waals surface area contributed by atoms with Crippen molar-refractivity contribution in [2.45, 2.75) is 6.54 Å². The number of rotatable bonds is 3. The molecule has 2 aromatic rings. The maximum atomic E-state index is 12.3. The maximum absolute atomic E-state index is 12.3. The second kappa shape index (κ2) is 6.23. The number of hydrogen-bond acceptors (Lipinski definition) is 4. The van der Waals surface area contributed by atoms with Crippen LogP contribution in [0, 0.1) is 2.88 Å². The monoisotopic (exact) mass is 415 g/mol. The van der Waals surface area contributed by atoms with E-state index in [1.54, 1.807) is 16.2 Å². The average Bonchev–Trinajstić information content (AvgIpc) is 2.93. The van der Waals surface area contributed by atoms with Gasteiger partial charge in [-0.2, -0.15) is 0 Å². The van der Waals surface area contributed by atoms with Crippen molar-refractivity contribution >= 4 is 39.8 Å². The van der Waals surface area contributed by atoms with Crippen molar-refractivity contribution in [1.29, 1.82) is 0 Å². The highest BCUT2D eigenvalue weighted by Crippen LogP contribution is 2.31. The molecule has 0 aliphatic carbocycles. The molecule has 0 radical (unpaired) electrons. The molecule has 0 spiro atoms. The van der Waals surface area contributed by atoms with Crippen LogP contribution in [-0.4, -0.2) is 31.1 Å². The fourth-order valence-corrected chi connectivity index (χ4v) is 3.49. The Labute approximate surface area is 140 Å². The number of nitrogens with zero attached hydrogens (tertiary/aromatic N) is 1. The fourth-order valence-electron chi connectivity index (χ4n) is 2.17. The molecule has 2 heterocycles. The van der Waals surface area contributed by atoms with Gasteiger partial charge >= 0.3 is 0 Å². The van der Waals surface area contributed by atoms with E-state index in [9.17, 15) is 4.79 Å². The topological polar surface area (TPSA) is 38.8 Å². The number of halogens is 1. The van der Waals surface area contributed by atoms with E-state index in [0.29, 0.717) is 19.8 Å². The molecule has 3 rings (SSSR count). The average molecular weight is 415 g/mol. The third-order valence-electron chi connectivity index (χ3n) is 3.19. The molecule has 21 heavy (non-hydrogen) atoms. The lowest BCUT2D eigenvalue weighted by Crippen LogP contribution is -2.26. The molecule has 1 aromatic heterocycles. The largest absolute Gasteiger partial charge is 0.486 e. The molecule has 0 saturated heterocycles. The third-order valence-corrected chi connectivity index (χ3v) is 4.98. The first kappa shape index (κ1) is 14.6. The highest BCUT2D eigenvalue weighted by atomic mass is 127. The predicted molar refractivity (Wildman–Crippen MR) is 90.3 cm³/mol. The van der Waals surface area contributed by atoms with Gasteiger partial charge in [0.05, 0.1) is 8.45 Å². The van der Waals surface area contributed by atoms with Crippen LogP contribution in [0.1, 0.15) is 15.9 Å². The molecule has 1 aromatic carbocycles. The van der Waals surface area contributed by atoms with Gasteiger partial charge in [0.25, 0.3) is 5.91 Å². The van der Waals surface area contributed by atoms with Gasteiger partial charge in [0.2, 0.25) is 0 Å². The van der Waals surface area contributed by atoms with E-state index >= 15 is 0 Å². The van der Waals surface area contributed by atoms with E-state index in [4.69, 9.17) is 9.47 Å². The number of thiophene rings is 1. The van der Waals surface area contributed by atoms with E-state index in [0.717, 1.165) is 25.5 Å². The number of amides is 1. The Morgan fingerprint density at radius 1 is 1.29 bits per heavy atom. The summed E-state index contributed by atoms with van der Waals surface area (Å²) in [5.41, 5.74) is 1.77. The molecule has 0 N–H and O–H groups in total. The standard InChI is InChI=1S/C15H14INO3S/c1-17(15(18)11-7-14(16)21-9-11)8-10-2-3-12-13(6-10)20-5-4-19-12/h2-3,6-7,9H,4-5,8H2,1H3. The summed E-state index contributed by atoms with van der Waals surface area (Å²) in [5, 5.41) is 1.89. The first-order valence-corrected chi connectivity index (χ1v) is 8.47. The lowest BCUT2D eigenvalue weighted by atomic mass is 10.1. The summed E-state index contributed by atoms with van der Waals surface area (Å²) >= 11 is 3.80. The summed E-state index contributed by atoms with van der Waals surface area (Å²) in [4.78, 5) is 14.0. The molecule has 1 aliphatic rings. The number of benzene rings is 1. The Hall–Kier alpha value is -1.28. The third kappa shape index (κ3) is 3.32. The molecule has 110 valence electrons. The molecular weight excluding hydrogens is 401 g/mol. The highest BCUT2D eigenvalue weighted by molar-refractivity contribution is 14.1. The molecule has 4 nitrogen and oxygen atoms in total. The summed E-state index contributed by atoms with van der Waals surface area (Å²) < 4.78 is 12.2. The summed E-state index contributed by atoms with van der Waals surface area (Å²) in [6.07, 6.45) is 0. The molecule has 0 fully saturated rings. The first-order chi connectivity index (χ1) is 10.1. The van der Waals surface area contributed by atoms with Crippen LogP contribution in [0.4, 0.5) is 0 Å². The van der Waals surface area contributed by atoms with Crippen molar-refractivity contribution in [2.75, 3.05) is 20.3 Å². The van der Waals surface area contributed by atoms with Crippen LogP contribution in [0.5, 0.6) is 11.5 Å². The Morgan fingerprint density at radius 2 is 2.05 bits per heavy atom. The number of fused-ring (bicyclic) bond motifs is 1. The molecule has 1 amide bonds.